The van der Waals surface area contributed by atoms with Crippen molar-refractivity contribution < 1.29 is 14.7 Å². The number of benzene rings is 1. The SMILES string of the molecule is CN1C(=O)CN(CC(C)(C)C(=O)O)c2ccccc21. The molecule has 1 N–H and O–H groups in total. The summed E-state index contributed by atoms with van der Waals surface area (Å²) in [5.74, 6) is -0.892. The largest absolute Gasteiger partial charge is 0.481 e. The first-order valence-electron chi connectivity index (χ1n) is 6.17. The summed E-state index contributed by atoms with van der Waals surface area (Å²) in [4.78, 5) is 26.6. The third kappa shape index (κ3) is 2.41. The maximum Gasteiger partial charge on any atom is 0.310 e. The van der Waals surface area contributed by atoms with Crippen LogP contribution in [0.1, 0.15) is 13.8 Å². The van der Waals surface area contributed by atoms with Crippen molar-refractivity contribution in [3.63, 3.8) is 0 Å². The van der Waals surface area contributed by atoms with E-state index in [1.165, 1.54) is 0 Å². The molecule has 5 nitrogen and oxygen atoms in total. The minimum absolute atomic E-state index is 0.0279. The van der Waals surface area contributed by atoms with Gasteiger partial charge in [0.15, 0.2) is 0 Å². The Bertz CT molecular complexity index is 525. The number of likely N-dealkylation sites (N-methyl/N-ethyl adjacent to an activating group) is 1. The number of nitrogens with zero attached hydrogens (tertiary/aromatic N) is 2. The number of para-hydroxylation sites is 2. The van der Waals surface area contributed by atoms with Crippen LogP contribution in [0.15, 0.2) is 24.3 Å². The van der Waals surface area contributed by atoms with Crippen LogP contribution in [0.3, 0.4) is 0 Å². The molecule has 2 rings (SSSR count). The van der Waals surface area contributed by atoms with E-state index < -0.39 is 11.4 Å². The highest BCUT2D eigenvalue weighted by Crippen LogP contribution is 2.34. The lowest BCUT2D eigenvalue weighted by Gasteiger charge is -2.38. The van der Waals surface area contributed by atoms with Crippen molar-refractivity contribution in [2.45, 2.75) is 13.8 Å². The number of aliphatic carboxylic acids is 1. The van der Waals surface area contributed by atoms with Crippen molar-refractivity contribution in [3.05, 3.63) is 24.3 Å². The van der Waals surface area contributed by atoms with Crippen LogP contribution in [-0.2, 0) is 9.59 Å². The van der Waals surface area contributed by atoms with Gasteiger partial charge in [-0.15, -0.1) is 0 Å². The van der Waals surface area contributed by atoms with Crippen molar-refractivity contribution in [1.82, 2.24) is 0 Å². The number of rotatable bonds is 3. The Morgan fingerprint density at radius 2 is 1.89 bits per heavy atom. The van der Waals surface area contributed by atoms with E-state index in [2.05, 4.69) is 0 Å². The fourth-order valence-electron chi connectivity index (χ4n) is 2.19. The molecule has 1 heterocycles. The molecule has 0 saturated heterocycles. The number of carboxylic acids is 1. The Hall–Kier alpha value is -2.04. The Kier molecular flexibility index (Phi) is 3.22. The van der Waals surface area contributed by atoms with Gasteiger partial charge >= 0.3 is 5.97 Å². The second-order valence-corrected chi connectivity index (χ2v) is 5.49. The predicted molar refractivity (Wildman–Crippen MR) is 73.5 cm³/mol. The fraction of sp³-hybridized carbons (Fsp3) is 0.429. The number of carbonyl (C=O) groups is 2. The van der Waals surface area contributed by atoms with Crippen LogP contribution in [0, 0.1) is 5.41 Å². The third-order valence-electron chi connectivity index (χ3n) is 3.45. The zero-order valence-corrected chi connectivity index (χ0v) is 11.4. The van der Waals surface area contributed by atoms with Crippen LogP contribution >= 0.6 is 0 Å². The molecule has 0 atom stereocenters. The highest BCUT2D eigenvalue weighted by atomic mass is 16.4. The van der Waals surface area contributed by atoms with E-state index in [1.54, 1.807) is 25.8 Å². The van der Waals surface area contributed by atoms with Crippen LogP contribution in [0.25, 0.3) is 0 Å². The molecular weight excluding hydrogens is 244 g/mol. The van der Waals surface area contributed by atoms with E-state index in [9.17, 15) is 14.7 Å². The lowest BCUT2D eigenvalue weighted by molar-refractivity contribution is -0.146. The normalized spacial score (nSPS) is 15.4. The summed E-state index contributed by atoms with van der Waals surface area (Å²) >= 11 is 0. The van der Waals surface area contributed by atoms with Gasteiger partial charge in [0.05, 0.1) is 23.3 Å². The van der Waals surface area contributed by atoms with Crippen molar-refractivity contribution >= 4 is 23.3 Å². The van der Waals surface area contributed by atoms with Crippen LogP contribution < -0.4 is 9.80 Å². The first kappa shape index (κ1) is 13.4. The summed E-state index contributed by atoms with van der Waals surface area (Å²) in [6.07, 6.45) is 0. The molecule has 0 aromatic heterocycles. The van der Waals surface area contributed by atoms with Crippen molar-refractivity contribution in [2.24, 2.45) is 5.41 Å². The number of hydrogen-bond donors (Lipinski definition) is 1. The molecular formula is C14H18N2O3. The van der Waals surface area contributed by atoms with Gasteiger partial charge in [0.25, 0.3) is 0 Å². The maximum atomic E-state index is 12.0. The molecule has 1 aliphatic heterocycles. The summed E-state index contributed by atoms with van der Waals surface area (Å²) in [6, 6.07) is 7.54. The Morgan fingerprint density at radius 1 is 1.32 bits per heavy atom. The highest BCUT2D eigenvalue weighted by Gasteiger charge is 2.34. The van der Waals surface area contributed by atoms with E-state index in [-0.39, 0.29) is 12.5 Å². The Labute approximate surface area is 112 Å². The summed E-state index contributed by atoms with van der Waals surface area (Å²) in [5, 5.41) is 9.22. The van der Waals surface area contributed by atoms with Crippen molar-refractivity contribution in [3.8, 4) is 0 Å². The average molecular weight is 262 g/mol. The molecule has 1 aromatic carbocycles. The highest BCUT2D eigenvalue weighted by molar-refractivity contribution is 6.02. The lowest BCUT2D eigenvalue weighted by atomic mass is 9.92. The zero-order chi connectivity index (χ0) is 14.2. The Morgan fingerprint density at radius 3 is 2.47 bits per heavy atom. The summed E-state index contributed by atoms with van der Waals surface area (Å²) in [7, 11) is 1.74. The van der Waals surface area contributed by atoms with E-state index in [4.69, 9.17) is 0 Å². The molecule has 19 heavy (non-hydrogen) atoms. The summed E-state index contributed by atoms with van der Waals surface area (Å²) in [5.41, 5.74) is 0.822. The number of anilines is 2. The number of carboxylic acid groups (broad SMARTS) is 1. The molecule has 0 radical (unpaired) electrons. The second kappa shape index (κ2) is 4.57. The lowest BCUT2D eigenvalue weighted by Crippen LogP contribution is -2.48. The molecule has 0 bridgehead atoms. The van der Waals surface area contributed by atoms with Gasteiger partial charge < -0.3 is 14.9 Å². The molecule has 1 aliphatic rings. The first-order chi connectivity index (χ1) is 8.83. The van der Waals surface area contributed by atoms with Gasteiger partial charge in [-0.1, -0.05) is 12.1 Å². The van der Waals surface area contributed by atoms with Crippen molar-refractivity contribution in [1.29, 1.82) is 0 Å². The molecule has 0 saturated carbocycles. The monoisotopic (exact) mass is 262 g/mol. The fourth-order valence-corrected chi connectivity index (χ4v) is 2.19. The minimum Gasteiger partial charge on any atom is -0.481 e. The number of carbonyl (C=O) groups excluding carboxylic acids is 1. The number of amides is 1. The van der Waals surface area contributed by atoms with E-state index in [0.717, 1.165) is 11.4 Å². The van der Waals surface area contributed by atoms with Crippen LogP contribution in [0.4, 0.5) is 11.4 Å². The Balaban J connectivity index is 2.35. The molecule has 5 heteroatoms. The zero-order valence-electron chi connectivity index (χ0n) is 11.4. The number of hydrogen-bond acceptors (Lipinski definition) is 3. The molecule has 102 valence electrons. The molecule has 0 aliphatic carbocycles. The van der Waals surface area contributed by atoms with Gasteiger partial charge in [-0.2, -0.15) is 0 Å². The summed E-state index contributed by atoms with van der Waals surface area (Å²) < 4.78 is 0. The quantitative estimate of drug-likeness (QED) is 0.898. The van der Waals surface area contributed by atoms with Gasteiger partial charge in [-0.3, -0.25) is 9.59 Å². The topological polar surface area (TPSA) is 60.9 Å². The van der Waals surface area contributed by atoms with Gasteiger partial charge in [0.2, 0.25) is 5.91 Å². The number of fused-ring (bicyclic) bond motifs is 1. The maximum absolute atomic E-state index is 12.0. The smallest absolute Gasteiger partial charge is 0.310 e. The van der Waals surface area contributed by atoms with E-state index in [1.807, 2.05) is 29.2 Å². The van der Waals surface area contributed by atoms with Crippen LogP contribution in [-0.4, -0.2) is 37.1 Å². The summed E-state index contributed by atoms with van der Waals surface area (Å²) in [6.45, 7) is 3.85. The standard InChI is InChI=1S/C14H18N2O3/c1-14(2,13(18)19)9-16-8-12(17)15(3)10-6-4-5-7-11(10)16/h4-7H,8-9H2,1-3H3,(H,18,19). The predicted octanol–water partition coefficient (Wildman–Crippen LogP) is 1.58. The molecule has 0 fully saturated rings. The average Bonchev–Trinajstić information content (AvgIpc) is 2.35. The van der Waals surface area contributed by atoms with Gasteiger partial charge in [-0.05, 0) is 26.0 Å². The van der Waals surface area contributed by atoms with Gasteiger partial charge in [0, 0.05) is 13.6 Å². The molecule has 0 unspecified atom stereocenters. The molecule has 0 spiro atoms. The second-order valence-electron chi connectivity index (χ2n) is 5.49. The molecule has 1 aromatic rings. The van der Waals surface area contributed by atoms with Crippen molar-refractivity contribution in [2.75, 3.05) is 29.9 Å². The van der Waals surface area contributed by atoms with Crippen LogP contribution in [0.2, 0.25) is 0 Å². The van der Waals surface area contributed by atoms with E-state index >= 15 is 0 Å². The van der Waals surface area contributed by atoms with Gasteiger partial charge in [-0.25, -0.2) is 0 Å². The van der Waals surface area contributed by atoms with Crippen LogP contribution in [0.5, 0.6) is 0 Å². The van der Waals surface area contributed by atoms with E-state index in [0.29, 0.717) is 6.54 Å². The third-order valence-corrected chi connectivity index (χ3v) is 3.45. The van der Waals surface area contributed by atoms with Gasteiger partial charge in [0.1, 0.15) is 0 Å². The first-order valence-corrected chi connectivity index (χ1v) is 6.17. The molecule has 1 amide bonds. The minimum atomic E-state index is -0.900.